The Hall–Kier alpha value is -2.90. The van der Waals surface area contributed by atoms with Gasteiger partial charge in [-0.1, -0.05) is 114 Å². The van der Waals surface area contributed by atoms with Gasteiger partial charge < -0.3 is 0 Å². The molecule has 31 heavy (non-hydrogen) atoms. The molecular formula is C30H21Br. The fourth-order valence-electron chi connectivity index (χ4n) is 6.50. The highest BCUT2D eigenvalue weighted by Crippen LogP contribution is 2.66. The Bertz CT molecular complexity index is 1420. The van der Waals surface area contributed by atoms with Crippen LogP contribution in [0.1, 0.15) is 29.2 Å². The van der Waals surface area contributed by atoms with Gasteiger partial charge >= 0.3 is 0 Å². The highest BCUT2D eigenvalue weighted by Gasteiger charge is 2.55. The number of hydrogen-bond donors (Lipinski definition) is 0. The van der Waals surface area contributed by atoms with Gasteiger partial charge in [0, 0.05) is 15.8 Å². The zero-order chi connectivity index (χ0) is 20.8. The predicted molar refractivity (Wildman–Crippen MR) is 132 cm³/mol. The molecule has 148 valence electrons. The number of halogens is 1. The third-order valence-electron chi connectivity index (χ3n) is 7.78. The molecule has 0 N–H and O–H groups in total. The fraction of sp³-hybridized carbons (Fsp3) is 0.133. The minimum absolute atomic E-state index is 0.0183. The summed E-state index contributed by atoms with van der Waals surface area (Å²) in [6.07, 6.45) is 14.0. The quantitative estimate of drug-likeness (QED) is 0.320. The maximum absolute atomic E-state index is 3.78. The van der Waals surface area contributed by atoms with Crippen molar-refractivity contribution in [3.05, 3.63) is 135 Å². The first-order chi connectivity index (χ1) is 15.1. The van der Waals surface area contributed by atoms with Crippen LogP contribution in [0.3, 0.4) is 0 Å². The Morgan fingerprint density at radius 1 is 0.742 bits per heavy atom. The third-order valence-corrected chi connectivity index (χ3v) is 8.28. The smallest absolute Gasteiger partial charge is 0.0722 e. The largest absolute Gasteiger partial charge is 0.0758 e. The molecule has 0 saturated carbocycles. The SMILES string of the molecule is CC12C=CC=CC1C1=C(C=C2)C2(c3ccccc31)c1ccccc1-c1ccc(Br)cc12. The lowest BCUT2D eigenvalue weighted by molar-refractivity contribution is 0.461. The topological polar surface area (TPSA) is 0 Å². The van der Waals surface area contributed by atoms with Gasteiger partial charge in [-0.15, -0.1) is 0 Å². The molecule has 0 fully saturated rings. The summed E-state index contributed by atoms with van der Waals surface area (Å²) in [5, 5.41) is 0. The van der Waals surface area contributed by atoms with Gasteiger partial charge in [-0.2, -0.15) is 0 Å². The van der Waals surface area contributed by atoms with Crippen LogP contribution in [0.4, 0.5) is 0 Å². The first-order valence-corrected chi connectivity index (χ1v) is 11.7. The van der Waals surface area contributed by atoms with E-state index in [2.05, 4.69) is 126 Å². The molecule has 0 heterocycles. The monoisotopic (exact) mass is 460 g/mol. The summed E-state index contributed by atoms with van der Waals surface area (Å²) in [6.45, 7) is 2.36. The second-order valence-corrected chi connectivity index (χ2v) is 10.2. The fourth-order valence-corrected chi connectivity index (χ4v) is 6.86. The van der Waals surface area contributed by atoms with Crippen LogP contribution in [0.15, 0.2) is 113 Å². The summed E-state index contributed by atoms with van der Waals surface area (Å²) in [6, 6.07) is 24.9. The summed E-state index contributed by atoms with van der Waals surface area (Å²) in [5.74, 6) is 0.349. The second-order valence-electron chi connectivity index (χ2n) is 9.28. The van der Waals surface area contributed by atoms with E-state index >= 15 is 0 Å². The molecule has 0 amide bonds. The van der Waals surface area contributed by atoms with Gasteiger partial charge in [-0.25, -0.2) is 0 Å². The minimum atomic E-state index is -0.255. The van der Waals surface area contributed by atoms with Crippen molar-refractivity contribution in [2.24, 2.45) is 11.3 Å². The Morgan fingerprint density at radius 2 is 1.45 bits per heavy atom. The van der Waals surface area contributed by atoms with Gasteiger partial charge in [0.05, 0.1) is 5.41 Å². The molecule has 3 aromatic rings. The van der Waals surface area contributed by atoms with E-state index < -0.39 is 0 Å². The van der Waals surface area contributed by atoms with E-state index in [0.717, 1.165) is 4.47 Å². The van der Waals surface area contributed by atoms with Crippen LogP contribution in [-0.2, 0) is 5.41 Å². The zero-order valence-electron chi connectivity index (χ0n) is 17.3. The van der Waals surface area contributed by atoms with E-state index in [1.807, 2.05) is 0 Å². The molecule has 1 spiro atoms. The maximum atomic E-state index is 3.78. The molecule has 0 bridgehead atoms. The molecule has 1 heteroatoms. The third kappa shape index (κ3) is 2.01. The Balaban J connectivity index is 1.66. The maximum Gasteiger partial charge on any atom is 0.0722 e. The van der Waals surface area contributed by atoms with Gasteiger partial charge in [-0.05, 0) is 56.7 Å². The summed E-state index contributed by atoms with van der Waals surface area (Å²) < 4.78 is 1.13. The van der Waals surface area contributed by atoms with Crippen LogP contribution < -0.4 is 0 Å². The highest BCUT2D eigenvalue weighted by atomic mass is 79.9. The number of rotatable bonds is 0. The van der Waals surface area contributed by atoms with E-state index in [0.29, 0.717) is 5.92 Å². The predicted octanol–water partition coefficient (Wildman–Crippen LogP) is 7.85. The van der Waals surface area contributed by atoms with E-state index in [9.17, 15) is 0 Å². The van der Waals surface area contributed by atoms with E-state index in [4.69, 9.17) is 0 Å². The van der Waals surface area contributed by atoms with Crippen LogP contribution >= 0.6 is 15.9 Å². The summed E-state index contributed by atoms with van der Waals surface area (Å²) in [7, 11) is 0. The van der Waals surface area contributed by atoms with Gasteiger partial charge in [-0.3, -0.25) is 0 Å². The molecule has 0 aliphatic heterocycles. The molecular weight excluding hydrogens is 440 g/mol. The van der Waals surface area contributed by atoms with Crippen molar-refractivity contribution in [3.8, 4) is 11.1 Å². The molecule has 0 saturated heterocycles. The van der Waals surface area contributed by atoms with E-state index in [1.54, 1.807) is 0 Å². The van der Waals surface area contributed by atoms with Crippen molar-refractivity contribution in [3.63, 3.8) is 0 Å². The lowest BCUT2D eigenvalue weighted by Crippen LogP contribution is -2.31. The molecule has 3 unspecified atom stereocenters. The van der Waals surface area contributed by atoms with Gasteiger partial charge in [0.25, 0.3) is 0 Å². The Kier molecular flexibility index (Phi) is 3.36. The van der Waals surface area contributed by atoms with Crippen LogP contribution in [0.5, 0.6) is 0 Å². The average molecular weight is 461 g/mol. The molecule has 7 rings (SSSR count). The first kappa shape index (κ1) is 17.7. The van der Waals surface area contributed by atoms with Crippen LogP contribution in [-0.4, -0.2) is 0 Å². The van der Waals surface area contributed by atoms with Crippen molar-refractivity contribution in [2.45, 2.75) is 12.3 Å². The van der Waals surface area contributed by atoms with E-state index in [1.165, 1.54) is 44.5 Å². The van der Waals surface area contributed by atoms with Crippen LogP contribution in [0.2, 0.25) is 0 Å². The van der Waals surface area contributed by atoms with Crippen molar-refractivity contribution in [1.29, 1.82) is 0 Å². The molecule has 3 aromatic carbocycles. The first-order valence-electron chi connectivity index (χ1n) is 10.9. The molecule has 0 aromatic heterocycles. The Morgan fingerprint density at radius 3 is 2.29 bits per heavy atom. The van der Waals surface area contributed by atoms with Crippen LogP contribution in [0, 0.1) is 11.3 Å². The number of hydrogen-bond acceptors (Lipinski definition) is 0. The van der Waals surface area contributed by atoms with Crippen molar-refractivity contribution in [2.75, 3.05) is 0 Å². The lowest BCUT2D eigenvalue weighted by atomic mass is 9.63. The minimum Gasteiger partial charge on any atom is -0.0758 e. The molecule has 3 atom stereocenters. The van der Waals surface area contributed by atoms with Gasteiger partial charge in [0.2, 0.25) is 0 Å². The molecule has 0 nitrogen and oxygen atoms in total. The van der Waals surface area contributed by atoms with Crippen molar-refractivity contribution in [1.82, 2.24) is 0 Å². The molecule has 4 aliphatic carbocycles. The number of allylic oxidation sites excluding steroid dienone is 8. The summed E-state index contributed by atoms with van der Waals surface area (Å²) in [5.41, 5.74) is 11.0. The number of benzene rings is 3. The van der Waals surface area contributed by atoms with Gasteiger partial charge in [0.15, 0.2) is 0 Å². The van der Waals surface area contributed by atoms with Crippen molar-refractivity contribution >= 4 is 21.5 Å². The molecule has 4 aliphatic rings. The second kappa shape index (κ2) is 5.87. The highest BCUT2D eigenvalue weighted by molar-refractivity contribution is 9.10. The molecule has 0 radical (unpaired) electrons. The Labute approximate surface area is 191 Å². The van der Waals surface area contributed by atoms with E-state index in [-0.39, 0.29) is 10.8 Å². The zero-order valence-corrected chi connectivity index (χ0v) is 18.9. The van der Waals surface area contributed by atoms with Crippen molar-refractivity contribution < 1.29 is 0 Å². The average Bonchev–Trinajstić information content (AvgIpc) is 3.25. The normalized spacial score (nSPS) is 28.4. The standard InChI is InChI=1S/C30H21Br/c1-29-16-7-6-12-25(29)28-22-9-3-5-11-24(22)30(26(28)15-17-29)23-10-4-2-8-20(23)21-14-13-19(31)18-27(21)30/h2-18,25H,1H3. The lowest BCUT2D eigenvalue weighted by Gasteiger charge is -2.39. The summed E-state index contributed by atoms with van der Waals surface area (Å²) >= 11 is 3.78. The van der Waals surface area contributed by atoms with Crippen LogP contribution in [0.25, 0.3) is 16.7 Å². The summed E-state index contributed by atoms with van der Waals surface area (Å²) in [4.78, 5) is 0. The van der Waals surface area contributed by atoms with Gasteiger partial charge in [0.1, 0.15) is 0 Å². The number of fused-ring (bicyclic) bond motifs is 11.